The monoisotopic (exact) mass is 252 g/mol. The SMILES string of the molecule is CCOC(=O)C(C)NC(=O)c1cc(C2CC2)on1. The Morgan fingerprint density at radius 2 is 2.33 bits per heavy atom. The molecule has 1 heterocycles. The summed E-state index contributed by atoms with van der Waals surface area (Å²) in [5.74, 6) is 0.258. The van der Waals surface area contributed by atoms with Gasteiger partial charge in [0.2, 0.25) is 0 Å². The highest BCUT2D eigenvalue weighted by Gasteiger charge is 2.29. The zero-order valence-corrected chi connectivity index (χ0v) is 10.4. The van der Waals surface area contributed by atoms with Crippen molar-refractivity contribution in [1.82, 2.24) is 10.5 Å². The second-order valence-corrected chi connectivity index (χ2v) is 4.34. The number of aromatic nitrogens is 1. The zero-order valence-electron chi connectivity index (χ0n) is 10.4. The number of rotatable bonds is 5. The standard InChI is InChI=1S/C12H16N2O4/c1-3-17-12(16)7(2)13-11(15)9-6-10(18-14-9)8-4-5-8/h6-8H,3-5H2,1-2H3,(H,13,15). The minimum absolute atomic E-state index is 0.202. The first-order chi connectivity index (χ1) is 8.61. The molecule has 1 N–H and O–H groups in total. The molecule has 0 bridgehead atoms. The van der Waals surface area contributed by atoms with Crippen LogP contribution in [0.2, 0.25) is 0 Å². The van der Waals surface area contributed by atoms with Crippen molar-refractivity contribution in [2.45, 2.75) is 38.6 Å². The molecule has 98 valence electrons. The zero-order chi connectivity index (χ0) is 13.1. The predicted octanol–water partition coefficient (Wildman–Crippen LogP) is 1.23. The van der Waals surface area contributed by atoms with Crippen molar-refractivity contribution in [1.29, 1.82) is 0 Å². The molecule has 2 rings (SSSR count). The van der Waals surface area contributed by atoms with E-state index in [2.05, 4.69) is 10.5 Å². The number of carbonyl (C=O) groups excluding carboxylic acids is 2. The molecule has 6 heteroatoms. The molecule has 0 aromatic carbocycles. The van der Waals surface area contributed by atoms with Crippen molar-refractivity contribution < 1.29 is 18.8 Å². The molecule has 1 aromatic heterocycles. The van der Waals surface area contributed by atoms with Gasteiger partial charge in [0, 0.05) is 12.0 Å². The van der Waals surface area contributed by atoms with Gasteiger partial charge in [0.25, 0.3) is 5.91 Å². The van der Waals surface area contributed by atoms with E-state index >= 15 is 0 Å². The van der Waals surface area contributed by atoms with Crippen LogP contribution in [0.5, 0.6) is 0 Å². The molecule has 18 heavy (non-hydrogen) atoms. The van der Waals surface area contributed by atoms with Gasteiger partial charge in [-0.1, -0.05) is 5.16 Å². The lowest BCUT2D eigenvalue weighted by Gasteiger charge is -2.10. The topological polar surface area (TPSA) is 81.4 Å². The molecule has 1 saturated carbocycles. The molecule has 0 radical (unpaired) electrons. The van der Waals surface area contributed by atoms with Crippen LogP contribution in [0, 0.1) is 0 Å². The van der Waals surface area contributed by atoms with Gasteiger partial charge in [-0.25, -0.2) is 4.79 Å². The second-order valence-electron chi connectivity index (χ2n) is 4.34. The number of ether oxygens (including phenoxy) is 1. The van der Waals surface area contributed by atoms with Gasteiger partial charge in [0.15, 0.2) is 5.69 Å². The first-order valence-electron chi connectivity index (χ1n) is 6.06. The first-order valence-corrected chi connectivity index (χ1v) is 6.06. The van der Waals surface area contributed by atoms with Crippen molar-refractivity contribution in [3.63, 3.8) is 0 Å². The normalized spacial score (nSPS) is 16.1. The van der Waals surface area contributed by atoms with Crippen LogP contribution in [0.3, 0.4) is 0 Å². The minimum atomic E-state index is -0.696. The highest BCUT2D eigenvalue weighted by atomic mass is 16.5. The number of amides is 1. The van der Waals surface area contributed by atoms with E-state index in [9.17, 15) is 9.59 Å². The van der Waals surface area contributed by atoms with E-state index in [0.717, 1.165) is 18.6 Å². The fourth-order valence-corrected chi connectivity index (χ4v) is 1.55. The predicted molar refractivity (Wildman–Crippen MR) is 62.0 cm³/mol. The summed E-state index contributed by atoms with van der Waals surface area (Å²) in [7, 11) is 0. The highest BCUT2D eigenvalue weighted by molar-refractivity contribution is 5.95. The fourth-order valence-electron chi connectivity index (χ4n) is 1.55. The van der Waals surface area contributed by atoms with Crippen LogP contribution in [0.15, 0.2) is 10.6 Å². The van der Waals surface area contributed by atoms with Gasteiger partial charge in [-0.2, -0.15) is 0 Å². The summed E-state index contributed by atoms with van der Waals surface area (Å²) in [6.07, 6.45) is 2.16. The Kier molecular flexibility index (Phi) is 3.64. The van der Waals surface area contributed by atoms with E-state index < -0.39 is 17.9 Å². The van der Waals surface area contributed by atoms with Gasteiger partial charge >= 0.3 is 5.97 Å². The molecule has 0 aliphatic heterocycles. The first kappa shape index (κ1) is 12.6. The molecular weight excluding hydrogens is 236 g/mol. The Balaban J connectivity index is 1.91. The third-order valence-electron chi connectivity index (χ3n) is 2.73. The maximum Gasteiger partial charge on any atom is 0.328 e. The van der Waals surface area contributed by atoms with Gasteiger partial charge in [0.05, 0.1) is 6.61 Å². The van der Waals surface area contributed by atoms with E-state index in [1.54, 1.807) is 19.9 Å². The van der Waals surface area contributed by atoms with Crippen molar-refractivity contribution in [2.75, 3.05) is 6.61 Å². The molecule has 1 amide bonds. The molecule has 1 aromatic rings. The van der Waals surface area contributed by atoms with Crippen LogP contribution in [0.1, 0.15) is 48.9 Å². The molecule has 6 nitrogen and oxygen atoms in total. The number of carbonyl (C=O) groups is 2. The summed E-state index contributed by atoms with van der Waals surface area (Å²) < 4.78 is 9.87. The lowest BCUT2D eigenvalue weighted by molar-refractivity contribution is -0.144. The maximum atomic E-state index is 11.8. The summed E-state index contributed by atoms with van der Waals surface area (Å²) in [5, 5.41) is 6.21. The van der Waals surface area contributed by atoms with Gasteiger partial charge in [-0.05, 0) is 26.7 Å². The number of hydrogen-bond acceptors (Lipinski definition) is 5. The van der Waals surface area contributed by atoms with Crippen LogP contribution < -0.4 is 5.32 Å². The quantitative estimate of drug-likeness (QED) is 0.797. The number of hydrogen-bond donors (Lipinski definition) is 1. The Labute approximate surface area is 105 Å². The van der Waals surface area contributed by atoms with Gasteiger partial charge in [0.1, 0.15) is 11.8 Å². The molecule has 1 fully saturated rings. The average Bonchev–Trinajstić information content (AvgIpc) is 3.07. The van der Waals surface area contributed by atoms with Gasteiger partial charge in [-0.15, -0.1) is 0 Å². The van der Waals surface area contributed by atoms with Gasteiger partial charge < -0.3 is 14.6 Å². The lowest BCUT2D eigenvalue weighted by Crippen LogP contribution is -2.39. The molecular formula is C12H16N2O4. The van der Waals surface area contributed by atoms with Crippen molar-refractivity contribution in [2.24, 2.45) is 0 Å². The molecule has 1 aliphatic carbocycles. The maximum absolute atomic E-state index is 11.8. The highest BCUT2D eigenvalue weighted by Crippen LogP contribution is 2.40. The van der Waals surface area contributed by atoms with Crippen molar-refractivity contribution in [3.05, 3.63) is 17.5 Å². The lowest BCUT2D eigenvalue weighted by atomic mass is 10.2. The van der Waals surface area contributed by atoms with Crippen LogP contribution in [0.4, 0.5) is 0 Å². The fraction of sp³-hybridized carbons (Fsp3) is 0.583. The average molecular weight is 252 g/mol. The van der Waals surface area contributed by atoms with E-state index in [0.29, 0.717) is 5.92 Å². The van der Waals surface area contributed by atoms with E-state index in [1.807, 2.05) is 0 Å². The number of nitrogens with zero attached hydrogens (tertiary/aromatic N) is 1. The molecule has 0 saturated heterocycles. The molecule has 0 spiro atoms. The summed E-state index contributed by atoms with van der Waals surface area (Å²) in [6.45, 7) is 3.57. The Bertz CT molecular complexity index is 451. The molecule has 1 aliphatic rings. The second kappa shape index (κ2) is 5.20. The molecule has 1 atom stereocenters. The van der Waals surface area contributed by atoms with Crippen LogP contribution in [-0.4, -0.2) is 29.7 Å². The minimum Gasteiger partial charge on any atom is -0.464 e. The summed E-state index contributed by atoms with van der Waals surface area (Å²) in [6, 6.07) is 0.934. The smallest absolute Gasteiger partial charge is 0.328 e. The van der Waals surface area contributed by atoms with Crippen molar-refractivity contribution >= 4 is 11.9 Å². The van der Waals surface area contributed by atoms with Crippen LogP contribution in [-0.2, 0) is 9.53 Å². The van der Waals surface area contributed by atoms with Crippen LogP contribution in [0.25, 0.3) is 0 Å². The Hall–Kier alpha value is -1.85. The van der Waals surface area contributed by atoms with E-state index in [-0.39, 0.29) is 12.3 Å². The van der Waals surface area contributed by atoms with E-state index in [4.69, 9.17) is 9.26 Å². The van der Waals surface area contributed by atoms with Gasteiger partial charge in [-0.3, -0.25) is 4.79 Å². The largest absolute Gasteiger partial charge is 0.464 e. The summed E-state index contributed by atoms with van der Waals surface area (Å²) in [5.41, 5.74) is 0.202. The third kappa shape index (κ3) is 2.88. The third-order valence-corrected chi connectivity index (χ3v) is 2.73. The van der Waals surface area contributed by atoms with E-state index in [1.165, 1.54) is 0 Å². The Morgan fingerprint density at radius 3 is 2.94 bits per heavy atom. The Morgan fingerprint density at radius 1 is 1.61 bits per heavy atom. The van der Waals surface area contributed by atoms with Crippen molar-refractivity contribution in [3.8, 4) is 0 Å². The number of nitrogens with one attached hydrogen (secondary N) is 1. The summed E-state index contributed by atoms with van der Waals surface area (Å²) >= 11 is 0. The molecule has 1 unspecified atom stereocenters. The summed E-state index contributed by atoms with van der Waals surface area (Å²) in [4.78, 5) is 23.1. The number of esters is 1. The van der Waals surface area contributed by atoms with Crippen LogP contribution >= 0.6 is 0 Å².